The van der Waals surface area contributed by atoms with Crippen molar-refractivity contribution in [2.24, 2.45) is 5.92 Å². The van der Waals surface area contributed by atoms with Crippen LogP contribution in [0.3, 0.4) is 0 Å². The lowest BCUT2D eigenvalue weighted by Crippen LogP contribution is -2.40. The highest BCUT2D eigenvalue weighted by Gasteiger charge is 2.21. The van der Waals surface area contributed by atoms with Crippen LogP contribution < -0.4 is 0 Å². The van der Waals surface area contributed by atoms with E-state index in [0.717, 1.165) is 35.1 Å². The van der Waals surface area contributed by atoms with Crippen molar-refractivity contribution in [1.82, 2.24) is 14.7 Å². The van der Waals surface area contributed by atoms with Gasteiger partial charge in [0.2, 0.25) is 5.91 Å². The molecular formula is C17H21N3OS3. The minimum Gasteiger partial charge on any atom is -0.342 e. The Morgan fingerprint density at radius 1 is 1.46 bits per heavy atom. The van der Waals surface area contributed by atoms with Crippen LogP contribution in [0, 0.1) is 16.8 Å². The Bertz CT molecular complexity index is 783. The number of nitrogens with zero attached hydrogens (tertiary/aromatic N) is 3. The Hall–Kier alpha value is -1.18. The van der Waals surface area contributed by atoms with Crippen LogP contribution in [0.15, 0.2) is 28.6 Å². The van der Waals surface area contributed by atoms with Gasteiger partial charge >= 0.3 is 0 Å². The molecule has 4 nitrogen and oxygen atoms in total. The lowest BCUT2D eigenvalue weighted by atomic mass is 10.0. The second-order valence-corrected chi connectivity index (χ2v) is 9.05. The van der Waals surface area contributed by atoms with E-state index in [1.807, 2.05) is 36.1 Å². The van der Waals surface area contributed by atoms with Crippen LogP contribution in [-0.2, 0) is 4.79 Å². The fourth-order valence-electron chi connectivity index (χ4n) is 2.90. The third-order valence-corrected chi connectivity index (χ3v) is 6.55. The highest BCUT2D eigenvalue weighted by atomic mass is 32.2. The minimum atomic E-state index is 0.204. The number of rotatable bonds is 4. The van der Waals surface area contributed by atoms with E-state index < -0.39 is 0 Å². The SMILES string of the molecule is Cc1ccccc1-n1nc(SCC(=O)N2CCC[C@@H](C)C2)sc1=S. The van der Waals surface area contributed by atoms with Gasteiger partial charge < -0.3 is 4.90 Å². The van der Waals surface area contributed by atoms with Gasteiger partial charge in [0.1, 0.15) is 0 Å². The van der Waals surface area contributed by atoms with E-state index in [4.69, 9.17) is 12.2 Å². The molecule has 1 aliphatic heterocycles. The van der Waals surface area contributed by atoms with Crippen LogP contribution in [0.5, 0.6) is 0 Å². The molecular weight excluding hydrogens is 358 g/mol. The maximum atomic E-state index is 12.4. The summed E-state index contributed by atoms with van der Waals surface area (Å²) in [5.74, 6) is 1.24. The highest BCUT2D eigenvalue weighted by Crippen LogP contribution is 2.26. The first-order valence-electron chi connectivity index (χ1n) is 8.11. The first kappa shape index (κ1) is 17.6. The molecule has 7 heteroatoms. The average molecular weight is 380 g/mol. The molecule has 3 rings (SSSR count). The molecule has 1 atom stereocenters. The number of aromatic nitrogens is 2. The molecule has 128 valence electrons. The monoisotopic (exact) mass is 379 g/mol. The van der Waals surface area contributed by atoms with Gasteiger partial charge in [-0.1, -0.05) is 48.2 Å². The van der Waals surface area contributed by atoms with E-state index in [1.165, 1.54) is 29.5 Å². The summed E-state index contributed by atoms with van der Waals surface area (Å²) in [5, 5.41) is 4.60. The fourth-order valence-corrected chi connectivity index (χ4v) is 5.15. The molecule has 24 heavy (non-hydrogen) atoms. The standard InChI is InChI=1S/C17H21N3OS3/c1-12-6-5-9-19(10-12)15(21)11-23-16-18-20(17(22)24-16)14-8-4-3-7-13(14)2/h3-4,7-8,12H,5-6,9-11H2,1-2H3/t12-/m1/s1. The van der Waals surface area contributed by atoms with Crippen LogP contribution in [-0.4, -0.2) is 39.4 Å². The maximum Gasteiger partial charge on any atom is 0.233 e. The van der Waals surface area contributed by atoms with Gasteiger partial charge in [-0.2, -0.15) is 0 Å². The summed E-state index contributed by atoms with van der Waals surface area (Å²) in [5.41, 5.74) is 2.13. The number of thioether (sulfide) groups is 1. The second kappa shape index (κ2) is 7.80. The van der Waals surface area contributed by atoms with Crippen molar-refractivity contribution in [3.8, 4) is 5.69 Å². The van der Waals surface area contributed by atoms with Crippen molar-refractivity contribution >= 4 is 41.2 Å². The Balaban J connectivity index is 1.67. The van der Waals surface area contributed by atoms with Gasteiger partial charge in [0, 0.05) is 13.1 Å². The number of para-hydroxylation sites is 1. The lowest BCUT2D eigenvalue weighted by Gasteiger charge is -2.30. The molecule has 1 fully saturated rings. The van der Waals surface area contributed by atoms with Gasteiger partial charge in [-0.15, -0.1) is 5.10 Å². The van der Waals surface area contributed by atoms with Crippen LogP contribution in [0.2, 0.25) is 0 Å². The smallest absolute Gasteiger partial charge is 0.233 e. The van der Waals surface area contributed by atoms with E-state index in [9.17, 15) is 4.79 Å². The lowest BCUT2D eigenvalue weighted by molar-refractivity contribution is -0.130. The van der Waals surface area contributed by atoms with E-state index in [2.05, 4.69) is 12.0 Å². The normalized spacial score (nSPS) is 17.9. The van der Waals surface area contributed by atoms with Gasteiger partial charge in [0.05, 0.1) is 11.4 Å². The van der Waals surface area contributed by atoms with E-state index in [1.54, 1.807) is 4.68 Å². The summed E-state index contributed by atoms with van der Waals surface area (Å²) in [6.45, 7) is 6.02. The van der Waals surface area contributed by atoms with Crippen molar-refractivity contribution in [2.45, 2.75) is 31.0 Å². The molecule has 1 saturated heterocycles. The third kappa shape index (κ3) is 4.07. The molecule has 2 heterocycles. The number of carbonyl (C=O) groups is 1. The molecule has 1 aromatic carbocycles. The molecule has 0 spiro atoms. The highest BCUT2D eigenvalue weighted by molar-refractivity contribution is 8.01. The van der Waals surface area contributed by atoms with Gasteiger partial charge in [-0.3, -0.25) is 4.79 Å². The summed E-state index contributed by atoms with van der Waals surface area (Å²) in [4.78, 5) is 14.4. The van der Waals surface area contributed by atoms with Crippen LogP contribution in [0.1, 0.15) is 25.3 Å². The molecule has 2 aromatic rings. The van der Waals surface area contributed by atoms with Crippen LogP contribution >= 0.6 is 35.3 Å². The summed E-state index contributed by atoms with van der Waals surface area (Å²) in [6, 6.07) is 8.05. The molecule has 0 saturated carbocycles. The summed E-state index contributed by atoms with van der Waals surface area (Å²) in [7, 11) is 0. The number of piperidine rings is 1. The summed E-state index contributed by atoms with van der Waals surface area (Å²) in [6.07, 6.45) is 2.33. The Morgan fingerprint density at radius 3 is 3.00 bits per heavy atom. The van der Waals surface area contributed by atoms with E-state index in [-0.39, 0.29) is 5.91 Å². The van der Waals surface area contributed by atoms with Gasteiger partial charge in [-0.25, -0.2) is 4.68 Å². The second-order valence-electron chi connectivity index (χ2n) is 6.21. The number of benzene rings is 1. The van der Waals surface area contributed by atoms with Gasteiger partial charge in [0.25, 0.3) is 0 Å². The number of amides is 1. The first-order valence-corrected chi connectivity index (χ1v) is 10.3. The zero-order chi connectivity index (χ0) is 17.1. The minimum absolute atomic E-state index is 0.204. The Kier molecular flexibility index (Phi) is 5.73. The zero-order valence-corrected chi connectivity index (χ0v) is 16.3. The Labute approximate surface area is 155 Å². The molecule has 0 unspecified atom stereocenters. The molecule has 1 aliphatic rings. The maximum absolute atomic E-state index is 12.4. The number of hydrogen-bond donors (Lipinski definition) is 0. The van der Waals surface area contributed by atoms with Crippen molar-refractivity contribution < 1.29 is 4.79 Å². The molecule has 1 amide bonds. The third-order valence-electron chi connectivity index (χ3n) is 4.20. The number of likely N-dealkylation sites (tertiary alicyclic amines) is 1. The zero-order valence-electron chi connectivity index (χ0n) is 13.9. The average Bonchev–Trinajstić information content (AvgIpc) is 2.94. The molecule has 0 radical (unpaired) electrons. The summed E-state index contributed by atoms with van der Waals surface area (Å²) >= 11 is 8.40. The van der Waals surface area contributed by atoms with Crippen molar-refractivity contribution in [3.63, 3.8) is 0 Å². The molecule has 1 aromatic heterocycles. The summed E-state index contributed by atoms with van der Waals surface area (Å²) < 4.78 is 3.36. The van der Waals surface area contributed by atoms with Gasteiger partial charge in [-0.05, 0) is 49.5 Å². The topological polar surface area (TPSA) is 38.1 Å². The number of hydrogen-bond acceptors (Lipinski definition) is 5. The molecule has 0 bridgehead atoms. The van der Waals surface area contributed by atoms with Crippen molar-refractivity contribution in [2.75, 3.05) is 18.8 Å². The fraction of sp³-hybridized carbons (Fsp3) is 0.471. The van der Waals surface area contributed by atoms with Gasteiger partial charge in [0.15, 0.2) is 8.29 Å². The van der Waals surface area contributed by atoms with E-state index in [0.29, 0.717) is 15.6 Å². The molecule has 0 aliphatic carbocycles. The predicted molar refractivity (Wildman–Crippen MR) is 103 cm³/mol. The number of aryl methyl sites for hydroxylation is 1. The molecule has 0 N–H and O–H groups in total. The van der Waals surface area contributed by atoms with Crippen molar-refractivity contribution in [3.05, 3.63) is 33.8 Å². The van der Waals surface area contributed by atoms with E-state index >= 15 is 0 Å². The quantitative estimate of drug-likeness (QED) is 0.586. The van der Waals surface area contributed by atoms with Crippen LogP contribution in [0.25, 0.3) is 5.69 Å². The van der Waals surface area contributed by atoms with Crippen molar-refractivity contribution in [1.29, 1.82) is 0 Å². The largest absolute Gasteiger partial charge is 0.342 e. The predicted octanol–water partition coefficient (Wildman–Crippen LogP) is 4.32. The first-order chi connectivity index (χ1) is 11.5. The Morgan fingerprint density at radius 2 is 2.25 bits per heavy atom. The van der Waals surface area contributed by atoms with Crippen LogP contribution in [0.4, 0.5) is 0 Å². The number of carbonyl (C=O) groups excluding carboxylic acids is 1.